The number of halogens is 1. The third-order valence-electron chi connectivity index (χ3n) is 0.794. The zero-order valence-electron chi connectivity index (χ0n) is 4.41. The van der Waals surface area contributed by atoms with E-state index in [2.05, 4.69) is 20.9 Å². The molecular weight excluding hydrogens is 201 g/mol. The maximum absolute atomic E-state index is 10.2. The van der Waals surface area contributed by atoms with E-state index in [1.54, 1.807) is 18.2 Å². The molecule has 1 rings (SSSR count). The fourth-order valence-corrected chi connectivity index (χ4v) is 1.22. The fraction of sp³-hybridized carbons (Fsp3) is 0. The van der Waals surface area contributed by atoms with E-state index in [0.717, 1.165) is 0 Å². The van der Waals surface area contributed by atoms with Gasteiger partial charge in [-0.3, -0.25) is 4.57 Å². The van der Waals surface area contributed by atoms with Gasteiger partial charge in [0.15, 0.2) is 0 Å². The van der Waals surface area contributed by atoms with Crippen molar-refractivity contribution in [1.29, 1.82) is 0 Å². The number of aromatic nitrogens is 1. The molecule has 0 aromatic carbocycles. The molecule has 4 heteroatoms. The Morgan fingerprint density at radius 1 is 1.56 bits per heavy atom. The van der Waals surface area contributed by atoms with Crippen molar-refractivity contribution in [3.8, 4) is 0 Å². The number of nitrogens with zero attached hydrogens (tertiary/aromatic N) is 1. The highest BCUT2D eigenvalue weighted by Crippen LogP contribution is 2.02. The molecule has 1 aromatic heterocycles. The number of hydrogen-bond donors (Lipinski definition) is 0. The normalized spacial score (nSPS) is 9.89. The van der Waals surface area contributed by atoms with Crippen LogP contribution in [0.3, 0.4) is 0 Å². The van der Waals surface area contributed by atoms with Gasteiger partial charge in [-0.25, -0.2) is 4.98 Å². The predicted octanol–water partition coefficient (Wildman–Crippen LogP) is 1.76. The Morgan fingerprint density at radius 2 is 2.33 bits per heavy atom. The highest BCUT2D eigenvalue weighted by atomic mass is 79.9. The lowest BCUT2D eigenvalue weighted by atomic mass is 10.5. The van der Waals surface area contributed by atoms with Crippen LogP contribution in [-0.4, -0.2) is 4.98 Å². The Kier molecular flexibility index (Phi) is 2.31. The van der Waals surface area contributed by atoms with Crippen molar-refractivity contribution in [2.75, 3.05) is 0 Å². The molecule has 0 aliphatic rings. The number of pyridine rings is 1. The lowest BCUT2D eigenvalue weighted by Gasteiger charge is -1.86. The highest BCUT2D eigenvalue weighted by Gasteiger charge is 1.90. The van der Waals surface area contributed by atoms with Crippen molar-refractivity contribution >= 4 is 29.8 Å². The third-order valence-corrected chi connectivity index (χ3v) is 1.67. The molecule has 0 amide bonds. The summed E-state index contributed by atoms with van der Waals surface area (Å²) in [5, 5.41) is 0. The van der Waals surface area contributed by atoms with Gasteiger partial charge in [0.1, 0.15) is 10.0 Å². The van der Waals surface area contributed by atoms with E-state index in [1.165, 1.54) is 0 Å². The Morgan fingerprint density at radius 3 is 2.78 bits per heavy atom. The van der Waals surface area contributed by atoms with E-state index >= 15 is 0 Å². The average Bonchev–Trinajstić information content (AvgIpc) is 1.88. The van der Waals surface area contributed by atoms with Crippen LogP contribution >= 0.6 is 24.4 Å². The van der Waals surface area contributed by atoms with Crippen LogP contribution in [0.1, 0.15) is 0 Å². The van der Waals surface area contributed by atoms with E-state index in [1.807, 2.05) is 0 Å². The van der Waals surface area contributed by atoms with E-state index in [9.17, 15) is 4.57 Å². The molecule has 46 valence electrons. The van der Waals surface area contributed by atoms with Gasteiger partial charge in [-0.2, -0.15) is 0 Å². The average molecular weight is 204 g/mol. The van der Waals surface area contributed by atoms with Gasteiger partial charge >= 0.3 is 0 Å². The van der Waals surface area contributed by atoms with Crippen molar-refractivity contribution in [2.24, 2.45) is 0 Å². The first kappa shape index (κ1) is 6.84. The zero-order valence-corrected chi connectivity index (χ0v) is 6.89. The minimum absolute atomic E-state index is 0.0364. The van der Waals surface area contributed by atoms with Crippen LogP contribution in [0.4, 0.5) is 0 Å². The molecular formula is C5H3BrNOP. The van der Waals surface area contributed by atoms with Gasteiger partial charge in [0.25, 0.3) is 0 Å². The lowest BCUT2D eigenvalue weighted by Crippen LogP contribution is -1.95. The molecule has 0 unspecified atom stereocenters. The molecule has 1 aromatic rings. The first-order valence-corrected chi connectivity index (χ1v) is 3.89. The van der Waals surface area contributed by atoms with Gasteiger partial charge in [-0.15, -0.1) is 0 Å². The van der Waals surface area contributed by atoms with Crippen LogP contribution in [0.5, 0.6) is 0 Å². The molecule has 0 radical (unpaired) electrons. The Labute approximate surface area is 62.6 Å². The second-order valence-corrected chi connectivity index (χ2v) is 2.86. The quantitative estimate of drug-likeness (QED) is 0.515. The fourth-order valence-electron chi connectivity index (χ4n) is 0.448. The summed E-state index contributed by atoms with van der Waals surface area (Å²) in [5.41, 5.74) is 0.546. The van der Waals surface area contributed by atoms with Crippen molar-refractivity contribution in [2.45, 2.75) is 0 Å². The van der Waals surface area contributed by atoms with Gasteiger partial charge in [-0.05, 0) is 28.1 Å². The molecule has 0 saturated carbocycles. The lowest BCUT2D eigenvalue weighted by molar-refractivity contribution is 0.602. The summed E-state index contributed by atoms with van der Waals surface area (Å²) in [4.78, 5) is 3.88. The van der Waals surface area contributed by atoms with Gasteiger partial charge in [0.2, 0.25) is 8.46 Å². The van der Waals surface area contributed by atoms with E-state index in [0.29, 0.717) is 10.0 Å². The van der Waals surface area contributed by atoms with Gasteiger partial charge in [0.05, 0.1) is 0 Å². The van der Waals surface area contributed by atoms with Crippen LogP contribution in [0.15, 0.2) is 22.8 Å². The molecule has 0 saturated heterocycles. The topological polar surface area (TPSA) is 30.0 Å². The summed E-state index contributed by atoms with van der Waals surface area (Å²) >= 11 is 3.15. The summed E-state index contributed by atoms with van der Waals surface area (Å²) in [6.07, 6.45) is 0. The monoisotopic (exact) mass is 203 g/mol. The molecule has 0 N–H and O–H groups in total. The standard InChI is InChI=1S/C5H3BrNOP/c6-4-2-1-3-5(7-4)9-8/h1-3H. The summed E-state index contributed by atoms with van der Waals surface area (Å²) in [6.45, 7) is 0. The molecule has 9 heavy (non-hydrogen) atoms. The van der Waals surface area contributed by atoms with E-state index < -0.39 is 0 Å². The summed E-state index contributed by atoms with van der Waals surface area (Å²) in [5.74, 6) is 0. The molecule has 0 aliphatic carbocycles. The minimum atomic E-state index is -0.0364. The second-order valence-electron chi connectivity index (χ2n) is 1.41. The first-order valence-electron chi connectivity index (χ1n) is 2.29. The van der Waals surface area contributed by atoms with Crippen LogP contribution in [0.25, 0.3) is 0 Å². The van der Waals surface area contributed by atoms with Crippen LogP contribution in [-0.2, 0) is 4.57 Å². The zero-order chi connectivity index (χ0) is 6.69. The molecule has 2 nitrogen and oxygen atoms in total. The van der Waals surface area contributed by atoms with E-state index in [4.69, 9.17) is 0 Å². The van der Waals surface area contributed by atoms with Gasteiger partial charge in [-0.1, -0.05) is 6.07 Å². The van der Waals surface area contributed by atoms with Crippen LogP contribution in [0, 0.1) is 0 Å². The summed E-state index contributed by atoms with van der Waals surface area (Å²) in [6, 6.07) is 5.27. The van der Waals surface area contributed by atoms with E-state index in [-0.39, 0.29) is 8.46 Å². The summed E-state index contributed by atoms with van der Waals surface area (Å²) < 4.78 is 10.9. The molecule has 1 heterocycles. The van der Waals surface area contributed by atoms with Crippen molar-refractivity contribution < 1.29 is 4.57 Å². The van der Waals surface area contributed by atoms with Crippen LogP contribution < -0.4 is 5.44 Å². The maximum Gasteiger partial charge on any atom is 0.212 e. The predicted molar refractivity (Wildman–Crippen MR) is 39.2 cm³/mol. The van der Waals surface area contributed by atoms with Gasteiger partial charge < -0.3 is 0 Å². The minimum Gasteiger partial charge on any atom is -0.268 e. The Bertz CT molecular complexity index is 228. The Balaban J connectivity index is 3.07. The van der Waals surface area contributed by atoms with Crippen molar-refractivity contribution in [3.63, 3.8) is 0 Å². The maximum atomic E-state index is 10.2. The molecule has 0 aliphatic heterocycles. The molecule has 0 bridgehead atoms. The molecule has 0 fully saturated rings. The summed E-state index contributed by atoms with van der Waals surface area (Å²) in [7, 11) is -0.0364. The smallest absolute Gasteiger partial charge is 0.212 e. The first-order chi connectivity index (χ1) is 4.33. The SMILES string of the molecule is O=Pc1cccc(Br)n1. The van der Waals surface area contributed by atoms with Crippen LogP contribution in [0.2, 0.25) is 0 Å². The molecule has 0 atom stereocenters. The highest BCUT2D eigenvalue weighted by molar-refractivity contribution is 9.10. The van der Waals surface area contributed by atoms with Crippen molar-refractivity contribution in [1.82, 2.24) is 4.98 Å². The number of rotatable bonds is 1. The van der Waals surface area contributed by atoms with Crippen molar-refractivity contribution in [3.05, 3.63) is 22.8 Å². The second kappa shape index (κ2) is 3.04. The Hall–Kier alpha value is -0.270. The third kappa shape index (κ3) is 1.84. The molecule has 0 spiro atoms. The van der Waals surface area contributed by atoms with Gasteiger partial charge in [0, 0.05) is 0 Å². The number of hydrogen-bond acceptors (Lipinski definition) is 2. The largest absolute Gasteiger partial charge is 0.268 e.